The molecule has 2 aromatic carbocycles. The molecule has 0 aliphatic rings. The molecule has 2 N–H and O–H groups in total. The summed E-state index contributed by atoms with van der Waals surface area (Å²) < 4.78 is 6.52. The highest BCUT2D eigenvalue weighted by Crippen LogP contribution is 2.13. The SMILES string of the molecule is CNC(=O)c1cccc(CNC(=O)COc2ccc(I)cc2)c1. The summed E-state index contributed by atoms with van der Waals surface area (Å²) in [4.78, 5) is 23.4. The molecule has 0 atom stereocenters. The molecule has 0 fully saturated rings. The second-order valence-electron chi connectivity index (χ2n) is 4.80. The quantitative estimate of drug-likeness (QED) is 0.700. The summed E-state index contributed by atoms with van der Waals surface area (Å²) in [6.45, 7) is 0.301. The third-order valence-corrected chi connectivity index (χ3v) is 3.81. The first-order valence-corrected chi connectivity index (χ1v) is 8.12. The van der Waals surface area contributed by atoms with Crippen LogP contribution in [0, 0.1) is 3.57 Å². The van der Waals surface area contributed by atoms with Gasteiger partial charge in [-0.25, -0.2) is 0 Å². The highest BCUT2D eigenvalue weighted by Gasteiger charge is 2.06. The van der Waals surface area contributed by atoms with Crippen LogP contribution in [0.3, 0.4) is 0 Å². The van der Waals surface area contributed by atoms with Gasteiger partial charge in [0.25, 0.3) is 11.8 Å². The van der Waals surface area contributed by atoms with Gasteiger partial charge >= 0.3 is 0 Å². The van der Waals surface area contributed by atoms with Crippen LogP contribution in [0.5, 0.6) is 5.75 Å². The van der Waals surface area contributed by atoms with Crippen LogP contribution in [0.1, 0.15) is 15.9 Å². The Hall–Kier alpha value is -2.09. The van der Waals surface area contributed by atoms with Crippen LogP contribution < -0.4 is 15.4 Å². The van der Waals surface area contributed by atoms with E-state index in [2.05, 4.69) is 33.2 Å². The van der Waals surface area contributed by atoms with Crippen molar-refractivity contribution in [2.45, 2.75) is 6.54 Å². The van der Waals surface area contributed by atoms with Crippen LogP contribution in [0.4, 0.5) is 0 Å². The summed E-state index contributed by atoms with van der Waals surface area (Å²) in [5.74, 6) is 0.288. The van der Waals surface area contributed by atoms with E-state index in [-0.39, 0.29) is 18.4 Å². The number of amides is 2. The van der Waals surface area contributed by atoms with Gasteiger partial charge in [0.2, 0.25) is 0 Å². The van der Waals surface area contributed by atoms with Crippen molar-refractivity contribution >= 4 is 34.4 Å². The lowest BCUT2D eigenvalue weighted by molar-refractivity contribution is -0.123. The molecule has 6 heteroatoms. The summed E-state index contributed by atoms with van der Waals surface area (Å²) in [5, 5.41) is 5.34. The normalized spacial score (nSPS) is 10.0. The molecule has 0 spiro atoms. The molecule has 0 bridgehead atoms. The summed E-state index contributed by atoms with van der Waals surface area (Å²) in [7, 11) is 1.58. The molecular weight excluding hydrogens is 407 g/mol. The maximum Gasteiger partial charge on any atom is 0.258 e. The van der Waals surface area contributed by atoms with E-state index in [1.165, 1.54) is 0 Å². The zero-order valence-corrected chi connectivity index (χ0v) is 14.8. The number of rotatable bonds is 6. The maximum absolute atomic E-state index is 11.8. The van der Waals surface area contributed by atoms with Gasteiger partial charge in [0.1, 0.15) is 5.75 Å². The molecule has 0 saturated heterocycles. The van der Waals surface area contributed by atoms with E-state index in [9.17, 15) is 9.59 Å². The average molecular weight is 424 g/mol. The molecule has 2 rings (SSSR count). The van der Waals surface area contributed by atoms with Crippen molar-refractivity contribution in [3.63, 3.8) is 0 Å². The van der Waals surface area contributed by atoms with E-state index in [4.69, 9.17) is 4.74 Å². The Labute approximate surface area is 148 Å². The monoisotopic (exact) mass is 424 g/mol. The van der Waals surface area contributed by atoms with Crippen LogP contribution in [-0.4, -0.2) is 25.5 Å². The molecule has 120 valence electrons. The van der Waals surface area contributed by atoms with Gasteiger partial charge in [0, 0.05) is 22.7 Å². The molecular formula is C17H17IN2O3. The van der Waals surface area contributed by atoms with Gasteiger partial charge in [-0.2, -0.15) is 0 Å². The molecule has 23 heavy (non-hydrogen) atoms. The minimum absolute atomic E-state index is 0.0459. The van der Waals surface area contributed by atoms with Gasteiger partial charge in [-0.15, -0.1) is 0 Å². The zero-order chi connectivity index (χ0) is 16.7. The van der Waals surface area contributed by atoms with E-state index in [1.807, 2.05) is 30.3 Å². The number of benzene rings is 2. The van der Waals surface area contributed by atoms with Crippen LogP contribution in [0.2, 0.25) is 0 Å². The smallest absolute Gasteiger partial charge is 0.258 e. The summed E-state index contributed by atoms with van der Waals surface area (Å²) in [6, 6.07) is 14.6. The molecule has 2 amide bonds. The fourth-order valence-electron chi connectivity index (χ4n) is 1.90. The number of ether oxygens (including phenoxy) is 1. The lowest BCUT2D eigenvalue weighted by atomic mass is 10.1. The molecule has 5 nitrogen and oxygen atoms in total. The highest BCUT2D eigenvalue weighted by atomic mass is 127. The number of hydrogen-bond donors (Lipinski definition) is 2. The van der Waals surface area contributed by atoms with Crippen molar-refractivity contribution < 1.29 is 14.3 Å². The van der Waals surface area contributed by atoms with Crippen molar-refractivity contribution in [2.75, 3.05) is 13.7 Å². The predicted octanol–water partition coefficient (Wildman–Crippen LogP) is 2.35. The van der Waals surface area contributed by atoms with Crippen LogP contribution in [-0.2, 0) is 11.3 Å². The maximum atomic E-state index is 11.8. The van der Waals surface area contributed by atoms with Crippen molar-refractivity contribution in [3.05, 3.63) is 63.2 Å². The van der Waals surface area contributed by atoms with Gasteiger partial charge in [-0.1, -0.05) is 12.1 Å². The van der Waals surface area contributed by atoms with E-state index >= 15 is 0 Å². The first kappa shape index (κ1) is 17.3. The van der Waals surface area contributed by atoms with Crippen molar-refractivity contribution in [2.24, 2.45) is 0 Å². The number of carbonyl (C=O) groups excluding carboxylic acids is 2. The number of nitrogens with one attached hydrogen (secondary N) is 2. The first-order chi connectivity index (χ1) is 11.1. The third-order valence-electron chi connectivity index (χ3n) is 3.09. The van der Waals surface area contributed by atoms with E-state index in [0.717, 1.165) is 9.13 Å². The van der Waals surface area contributed by atoms with E-state index < -0.39 is 0 Å². The molecule has 0 unspecified atom stereocenters. The molecule has 0 saturated carbocycles. The second-order valence-corrected chi connectivity index (χ2v) is 6.04. The molecule has 0 aliphatic heterocycles. The average Bonchev–Trinajstić information content (AvgIpc) is 2.59. The molecule has 2 aromatic rings. The molecule has 0 heterocycles. The van der Waals surface area contributed by atoms with Gasteiger partial charge in [-0.3, -0.25) is 9.59 Å². The topological polar surface area (TPSA) is 67.4 Å². The van der Waals surface area contributed by atoms with Crippen molar-refractivity contribution in [1.29, 1.82) is 0 Å². The predicted molar refractivity (Wildman–Crippen MR) is 96.3 cm³/mol. The standard InChI is InChI=1S/C17H17IN2O3/c1-19-17(22)13-4-2-3-12(9-13)10-20-16(21)11-23-15-7-5-14(18)6-8-15/h2-9H,10-11H2,1H3,(H,19,22)(H,20,21). The van der Waals surface area contributed by atoms with Crippen LogP contribution >= 0.6 is 22.6 Å². The Bertz CT molecular complexity index is 686. The Morgan fingerprint density at radius 1 is 1.13 bits per heavy atom. The number of carbonyl (C=O) groups is 2. The van der Waals surface area contributed by atoms with Gasteiger partial charge < -0.3 is 15.4 Å². The van der Waals surface area contributed by atoms with Crippen molar-refractivity contribution in [1.82, 2.24) is 10.6 Å². The molecule has 0 aliphatic carbocycles. The van der Waals surface area contributed by atoms with Gasteiger partial charge in [0.05, 0.1) is 0 Å². The van der Waals surface area contributed by atoms with Gasteiger partial charge in [-0.05, 0) is 64.6 Å². The van der Waals surface area contributed by atoms with Crippen LogP contribution in [0.15, 0.2) is 48.5 Å². The summed E-state index contributed by atoms with van der Waals surface area (Å²) >= 11 is 2.20. The Morgan fingerprint density at radius 3 is 2.57 bits per heavy atom. The number of halogens is 1. The first-order valence-electron chi connectivity index (χ1n) is 7.04. The lowest BCUT2D eigenvalue weighted by Gasteiger charge is -2.08. The zero-order valence-electron chi connectivity index (χ0n) is 12.6. The Kier molecular flexibility index (Phi) is 6.40. The Balaban J connectivity index is 1.82. The largest absolute Gasteiger partial charge is 0.484 e. The number of hydrogen-bond acceptors (Lipinski definition) is 3. The van der Waals surface area contributed by atoms with E-state index in [0.29, 0.717) is 17.9 Å². The van der Waals surface area contributed by atoms with E-state index in [1.54, 1.807) is 25.2 Å². The highest BCUT2D eigenvalue weighted by molar-refractivity contribution is 14.1. The fraction of sp³-hybridized carbons (Fsp3) is 0.176. The van der Waals surface area contributed by atoms with Crippen molar-refractivity contribution in [3.8, 4) is 5.75 Å². The minimum atomic E-state index is -0.214. The minimum Gasteiger partial charge on any atom is -0.484 e. The summed E-state index contributed by atoms with van der Waals surface area (Å²) in [6.07, 6.45) is 0. The summed E-state index contributed by atoms with van der Waals surface area (Å²) in [5.41, 5.74) is 1.42. The third kappa shape index (κ3) is 5.55. The van der Waals surface area contributed by atoms with Gasteiger partial charge in [0.15, 0.2) is 6.61 Å². The Morgan fingerprint density at radius 2 is 1.87 bits per heavy atom. The fourth-order valence-corrected chi connectivity index (χ4v) is 2.26. The molecule has 0 radical (unpaired) electrons. The lowest BCUT2D eigenvalue weighted by Crippen LogP contribution is -2.28. The second kappa shape index (κ2) is 8.52. The van der Waals surface area contributed by atoms with Crippen LogP contribution in [0.25, 0.3) is 0 Å². The molecule has 0 aromatic heterocycles.